The Bertz CT molecular complexity index is 821. The third kappa shape index (κ3) is 2.92. The fourth-order valence-electron chi connectivity index (χ4n) is 2.85. The fraction of sp³-hybridized carbons (Fsp3) is 0.294. The van der Waals surface area contributed by atoms with Crippen molar-refractivity contribution in [3.63, 3.8) is 0 Å². The monoisotopic (exact) mass is 323 g/mol. The molecule has 0 aliphatic carbocycles. The molecule has 1 unspecified atom stereocenters. The molecule has 0 spiro atoms. The van der Waals surface area contributed by atoms with E-state index in [9.17, 15) is 0 Å². The summed E-state index contributed by atoms with van der Waals surface area (Å²) in [7, 11) is 0. The van der Waals surface area contributed by atoms with E-state index in [0.29, 0.717) is 11.7 Å². The number of ether oxygens (including phenoxy) is 1. The average molecular weight is 323 g/mol. The van der Waals surface area contributed by atoms with Crippen molar-refractivity contribution in [2.24, 2.45) is 0 Å². The summed E-state index contributed by atoms with van der Waals surface area (Å²) in [5, 5.41) is 3.87. The highest BCUT2D eigenvalue weighted by molar-refractivity contribution is 5.70. The third-order valence-corrected chi connectivity index (χ3v) is 3.93. The largest absolute Gasteiger partial charge is 0.487 e. The quantitative estimate of drug-likeness (QED) is 0.730. The number of aromatic nitrogens is 4. The second kappa shape index (κ2) is 6.27. The Morgan fingerprint density at radius 3 is 2.96 bits per heavy atom. The van der Waals surface area contributed by atoms with Gasteiger partial charge < -0.3 is 14.2 Å². The zero-order valence-corrected chi connectivity index (χ0v) is 13.3. The molecule has 7 heteroatoms. The van der Waals surface area contributed by atoms with E-state index in [0.717, 1.165) is 36.6 Å². The Kier molecular flexibility index (Phi) is 3.82. The van der Waals surface area contributed by atoms with E-state index in [1.165, 1.54) is 0 Å². The van der Waals surface area contributed by atoms with Crippen LogP contribution in [0.3, 0.4) is 0 Å². The van der Waals surface area contributed by atoms with E-state index in [-0.39, 0.29) is 6.10 Å². The molecule has 1 atom stereocenters. The molecule has 1 aliphatic heterocycles. The number of hydrogen-bond acceptors (Lipinski definition) is 7. The molecular formula is C17H17N5O2. The lowest BCUT2D eigenvalue weighted by Gasteiger charge is -2.19. The van der Waals surface area contributed by atoms with Gasteiger partial charge in [0.1, 0.15) is 17.7 Å². The first-order valence-electron chi connectivity index (χ1n) is 7.87. The minimum Gasteiger partial charge on any atom is -0.487 e. The Labute approximate surface area is 139 Å². The normalized spacial score (nSPS) is 17.2. The van der Waals surface area contributed by atoms with Crippen LogP contribution in [0.25, 0.3) is 11.5 Å². The minimum atomic E-state index is 0.105. The first-order valence-corrected chi connectivity index (χ1v) is 7.87. The average Bonchev–Trinajstić information content (AvgIpc) is 3.25. The van der Waals surface area contributed by atoms with E-state index in [1.807, 2.05) is 24.3 Å². The molecule has 0 N–H and O–H groups in total. The summed E-state index contributed by atoms with van der Waals surface area (Å²) in [5.74, 6) is 2.74. The van der Waals surface area contributed by atoms with E-state index >= 15 is 0 Å². The van der Waals surface area contributed by atoms with Gasteiger partial charge in [0.25, 0.3) is 5.89 Å². The van der Waals surface area contributed by atoms with E-state index in [2.05, 4.69) is 25.0 Å². The summed E-state index contributed by atoms with van der Waals surface area (Å²) in [6, 6.07) is 7.61. The molecule has 1 saturated heterocycles. The number of aryl methyl sites for hydroxylation is 1. The lowest BCUT2D eigenvalue weighted by Crippen LogP contribution is -2.25. The van der Waals surface area contributed by atoms with Gasteiger partial charge in [-0.15, -0.1) is 0 Å². The second-order valence-electron chi connectivity index (χ2n) is 5.68. The number of hydrogen-bond donors (Lipinski definition) is 0. The zero-order chi connectivity index (χ0) is 16.4. The van der Waals surface area contributed by atoms with Gasteiger partial charge in [0.05, 0.1) is 18.3 Å². The van der Waals surface area contributed by atoms with Gasteiger partial charge in [0.15, 0.2) is 5.82 Å². The van der Waals surface area contributed by atoms with Gasteiger partial charge in [-0.3, -0.25) is 4.98 Å². The maximum Gasteiger partial charge on any atom is 0.261 e. The SMILES string of the molecule is Cc1noc(-c2cccnc2N2CCC(Oc3cccnc3)C2)n1. The molecule has 0 bridgehead atoms. The maximum atomic E-state index is 5.99. The third-order valence-electron chi connectivity index (χ3n) is 3.93. The van der Waals surface area contributed by atoms with Crippen LogP contribution in [-0.2, 0) is 0 Å². The minimum absolute atomic E-state index is 0.105. The second-order valence-corrected chi connectivity index (χ2v) is 5.68. The molecule has 4 heterocycles. The Morgan fingerprint density at radius 2 is 2.17 bits per heavy atom. The fourth-order valence-corrected chi connectivity index (χ4v) is 2.85. The summed E-state index contributed by atoms with van der Waals surface area (Å²) in [5.41, 5.74) is 0.847. The summed E-state index contributed by atoms with van der Waals surface area (Å²) in [6.07, 6.45) is 6.27. The Hall–Kier alpha value is -2.96. The van der Waals surface area contributed by atoms with Crippen molar-refractivity contribution in [3.8, 4) is 17.2 Å². The lowest BCUT2D eigenvalue weighted by molar-refractivity contribution is 0.224. The number of nitrogens with zero attached hydrogens (tertiary/aromatic N) is 5. The van der Waals surface area contributed by atoms with Gasteiger partial charge in [-0.05, 0) is 31.2 Å². The molecule has 3 aromatic heterocycles. The van der Waals surface area contributed by atoms with Crippen molar-refractivity contribution >= 4 is 5.82 Å². The van der Waals surface area contributed by atoms with Crippen molar-refractivity contribution in [3.05, 3.63) is 48.7 Å². The smallest absolute Gasteiger partial charge is 0.261 e. The van der Waals surface area contributed by atoms with Crippen LogP contribution in [0.4, 0.5) is 5.82 Å². The molecule has 0 amide bonds. The molecule has 122 valence electrons. The first-order chi connectivity index (χ1) is 11.8. The molecule has 7 nitrogen and oxygen atoms in total. The van der Waals surface area contributed by atoms with E-state index in [1.54, 1.807) is 25.5 Å². The van der Waals surface area contributed by atoms with Gasteiger partial charge in [-0.25, -0.2) is 4.98 Å². The van der Waals surface area contributed by atoms with Crippen LogP contribution in [0.1, 0.15) is 12.2 Å². The highest BCUT2D eigenvalue weighted by atomic mass is 16.5. The number of anilines is 1. The highest BCUT2D eigenvalue weighted by Gasteiger charge is 2.28. The first kappa shape index (κ1) is 14.6. The van der Waals surface area contributed by atoms with Gasteiger partial charge in [-0.2, -0.15) is 4.98 Å². The molecule has 0 radical (unpaired) electrons. The molecule has 1 fully saturated rings. The van der Waals surface area contributed by atoms with Crippen LogP contribution in [-0.4, -0.2) is 39.3 Å². The van der Waals surface area contributed by atoms with Crippen molar-refractivity contribution in [1.82, 2.24) is 20.1 Å². The van der Waals surface area contributed by atoms with Crippen molar-refractivity contribution in [2.45, 2.75) is 19.4 Å². The van der Waals surface area contributed by atoms with E-state index < -0.39 is 0 Å². The van der Waals surface area contributed by atoms with Gasteiger partial charge in [-0.1, -0.05) is 5.16 Å². The predicted molar refractivity (Wildman–Crippen MR) is 87.7 cm³/mol. The summed E-state index contributed by atoms with van der Waals surface area (Å²) < 4.78 is 11.3. The van der Waals surface area contributed by atoms with Crippen molar-refractivity contribution in [1.29, 1.82) is 0 Å². The van der Waals surface area contributed by atoms with Crippen LogP contribution in [0.15, 0.2) is 47.4 Å². The highest BCUT2D eigenvalue weighted by Crippen LogP contribution is 2.30. The standard InChI is InChI=1S/C17H17N5O2/c1-12-20-17(24-21-12)15-5-3-8-19-16(15)22-9-6-14(11-22)23-13-4-2-7-18-10-13/h2-5,7-8,10,14H,6,9,11H2,1H3. The van der Waals surface area contributed by atoms with Crippen molar-refractivity contribution < 1.29 is 9.26 Å². The summed E-state index contributed by atoms with van der Waals surface area (Å²) in [4.78, 5) is 15.1. The van der Waals surface area contributed by atoms with Crippen molar-refractivity contribution in [2.75, 3.05) is 18.0 Å². The van der Waals surface area contributed by atoms with Crippen LogP contribution < -0.4 is 9.64 Å². The Balaban J connectivity index is 1.53. The van der Waals surface area contributed by atoms with Crippen LogP contribution in [0.5, 0.6) is 5.75 Å². The van der Waals surface area contributed by atoms with Crippen LogP contribution >= 0.6 is 0 Å². The number of rotatable bonds is 4. The summed E-state index contributed by atoms with van der Waals surface area (Å²) >= 11 is 0. The Morgan fingerprint density at radius 1 is 1.25 bits per heavy atom. The van der Waals surface area contributed by atoms with Crippen LogP contribution in [0, 0.1) is 6.92 Å². The topological polar surface area (TPSA) is 77.2 Å². The molecule has 24 heavy (non-hydrogen) atoms. The lowest BCUT2D eigenvalue weighted by atomic mass is 10.2. The molecule has 0 saturated carbocycles. The maximum absolute atomic E-state index is 5.99. The van der Waals surface area contributed by atoms with Gasteiger partial charge >= 0.3 is 0 Å². The van der Waals surface area contributed by atoms with Gasteiger partial charge in [0, 0.05) is 25.4 Å². The predicted octanol–water partition coefficient (Wildman–Crippen LogP) is 2.49. The van der Waals surface area contributed by atoms with E-state index in [4.69, 9.17) is 9.26 Å². The summed E-state index contributed by atoms with van der Waals surface area (Å²) in [6.45, 7) is 3.42. The molecule has 0 aromatic carbocycles. The molecular weight excluding hydrogens is 306 g/mol. The molecule has 3 aromatic rings. The zero-order valence-electron chi connectivity index (χ0n) is 13.3. The molecule has 1 aliphatic rings. The molecule has 4 rings (SSSR count). The number of pyridine rings is 2. The van der Waals surface area contributed by atoms with Gasteiger partial charge in [0.2, 0.25) is 0 Å². The van der Waals surface area contributed by atoms with Crippen LogP contribution in [0.2, 0.25) is 0 Å².